The highest BCUT2D eigenvalue weighted by Crippen LogP contribution is 2.31. The summed E-state index contributed by atoms with van der Waals surface area (Å²) >= 11 is 0. The highest BCUT2D eigenvalue weighted by atomic mass is 16.7. The fraction of sp³-hybridized carbons (Fsp3) is 0.455. The monoisotopic (exact) mass is 193 g/mol. The molecule has 3 heteroatoms. The van der Waals surface area contributed by atoms with E-state index in [4.69, 9.17) is 15.2 Å². The van der Waals surface area contributed by atoms with Crippen LogP contribution < -0.4 is 10.5 Å². The first kappa shape index (κ1) is 9.49. The van der Waals surface area contributed by atoms with Crippen LogP contribution in [0.2, 0.25) is 0 Å². The first-order valence-electron chi connectivity index (χ1n) is 4.71. The maximum absolute atomic E-state index is 6.07. The van der Waals surface area contributed by atoms with Gasteiger partial charge in [-0.2, -0.15) is 0 Å². The zero-order valence-electron chi connectivity index (χ0n) is 8.54. The molecule has 0 radical (unpaired) electrons. The maximum Gasteiger partial charge on any atom is 0.189 e. The van der Waals surface area contributed by atoms with Gasteiger partial charge in [0.2, 0.25) is 0 Å². The lowest BCUT2D eigenvalue weighted by Crippen LogP contribution is -2.31. The molecule has 1 heterocycles. The number of hydrogen-bond acceptors (Lipinski definition) is 3. The van der Waals surface area contributed by atoms with E-state index in [1.807, 2.05) is 32.0 Å². The van der Waals surface area contributed by atoms with E-state index < -0.39 is 0 Å². The zero-order valence-corrected chi connectivity index (χ0v) is 8.54. The summed E-state index contributed by atoms with van der Waals surface area (Å²) in [6.45, 7) is 4.89. The summed E-state index contributed by atoms with van der Waals surface area (Å²) in [5.41, 5.74) is 7.89. The molecule has 3 nitrogen and oxygen atoms in total. The molecular formula is C11H15NO2. The lowest BCUT2D eigenvalue weighted by atomic mass is 9.90. The molecule has 0 saturated carbocycles. The van der Waals surface area contributed by atoms with E-state index in [9.17, 15) is 0 Å². The van der Waals surface area contributed by atoms with Gasteiger partial charge < -0.3 is 15.2 Å². The number of ether oxygens (including phenoxy) is 2. The summed E-state index contributed by atoms with van der Waals surface area (Å²) < 4.78 is 10.6. The number of hydrogen-bond donors (Lipinski definition) is 1. The molecule has 76 valence electrons. The SMILES string of the molecule is CC(C)(N)c1cccc2c1COCO2. The van der Waals surface area contributed by atoms with Gasteiger partial charge >= 0.3 is 0 Å². The van der Waals surface area contributed by atoms with Gasteiger partial charge in [-0.3, -0.25) is 0 Å². The lowest BCUT2D eigenvalue weighted by molar-refractivity contribution is -0.0172. The predicted molar refractivity (Wildman–Crippen MR) is 53.9 cm³/mol. The van der Waals surface area contributed by atoms with Crippen molar-refractivity contribution >= 4 is 0 Å². The van der Waals surface area contributed by atoms with E-state index in [0.717, 1.165) is 16.9 Å². The van der Waals surface area contributed by atoms with Crippen molar-refractivity contribution < 1.29 is 9.47 Å². The van der Waals surface area contributed by atoms with Crippen molar-refractivity contribution in [2.75, 3.05) is 6.79 Å². The second kappa shape index (κ2) is 3.26. The highest BCUT2D eigenvalue weighted by Gasteiger charge is 2.22. The Morgan fingerprint density at radius 2 is 2.14 bits per heavy atom. The van der Waals surface area contributed by atoms with Crippen molar-refractivity contribution in [3.8, 4) is 5.75 Å². The molecule has 0 atom stereocenters. The second-order valence-electron chi connectivity index (χ2n) is 4.11. The topological polar surface area (TPSA) is 44.5 Å². The van der Waals surface area contributed by atoms with Crippen LogP contribution in [0.4, 0.5) is 0 Å². The Balaban J connectivity index is 2.51. The summed E-state index contributed by atoms with van der Waals surface area (Å²) in [5.74, 6) is 0.896. The summed E-state index contributed by atoms with van der Waals surface area (Å²) in [6, 6.07) is 5.94. The quantitative estimate of drug-likeness (QED) is 0.739. The third-order valence-corrected chi connectivity index (χ3v) is 2.37. The van der Waals surface area contributed by atoms with Crippen molar-refractivity contribution in [1.82, 2.24) is 0 Å². The molecule has 0 spiro atoms. The van der Waals surface area contributed by atoms with Gasteiger partial charge in [-0.05, 0) is 25.5 Å². The maximum atomic E-state index is 6.07. The molecule has 1 aromatic carbocycles. The minimum Gasteiger partial charge on any atom is -0.467 e. The second-order valence-corrected chi connectivity index (χ2v) is 4.11. The van der Waals surface area contributed by atoms with Crippen molar-refractivity contribution in [1.29, 1.82) is 0 Å². The van der Waals surface area contributed by atoms with Gasteiger partial charge in [0, 0.05) is 11.1 Å². The number of nitrogens with two attached hydrogens (primary N) is 1. The van der Waals surface area contributed by atoms with Crippen molar-refractivity contribution in [3.63, 3.8) is 0 Å². The molecule has 0 fully saturated rings. The first-order chi connectivity index (χ1) is 6.59. The molecule has 1 aliphatic rings. The van der Waals surface area contributed by atoms with Gasteiger partial charge in [-0.25, -0.2) is 0 Å². The Hall–Kier alpha value is -1.06. The largest absolute Gasteiger partial charge is 0.467 e. The third kappa shape index (κ3) is 1.61. The van der Waals surface area contributed by atoms with Crippen LogP contribution >= 0.6 is 0 Å². The van der Waals surface area contributed by atoms with Crippen molar-refractivity contribution in [2.24, 2.45) is 5.73 Å². The first-order valence-corrected chi connectivity index (χ1v) is 4.71. The van der Waals surface area contributed by atoms with Crippen molar-refractivity contribution in [3.05, 3.63) is 29.3 Å². The van der Waals surface area contributed by atoms with Crippen LogP contribution in [0.25, 0.3) is 0 Å². The van der Waals surface area contributed by atoms with Gasteiger partial charge in [0.05, 0.1) is 6.61 Å². The van der Waals surface area contributed by atoms with Crippen LogP contribution in [0, 0.1) is 0 Å². The van der Waals surface area contributed by atoms with E-state index in [0.29, 0.717) is 13.4 Å². The van der Waals surface area contributed by atoms with Crippen LogP contribution in [-0.4, -0.2) is 6.79 Å². The van der Waals surface area contributed by atoms with Gasteiger partial charge in [-0.15, -0.1) is 0 Å². The standard InChI is InChI=1S/C11H15NO2/c1-11(2,12)9-4-3-5-10-8(9)6-13-7-14-10/h3-5H,6-7,12H2,1-2H3. The third-order valence-electron chi connectivity index (χ3n) is 2.37. The Morgan fingerprint density at radius 1 is 1.36 bits per heavy atom. The molecular weight excluding hydrogens is 178 g/mol. The minimum atomic E-state index is -0.352. The summed E-state index contributed by atoms with van der Waals surface area (Å²) in [4.78, 5) is 0. The molecule has 0 saturated heterocycles. The Labute approximate surface area is 83.8 Å². The number of fused-ring (bicyclic) bond motifs is 1. The molecule has 1 aliphatic heterocycles. The number of benzene rings is 1. The summed E-state index contributed by atoms with van der Waals surface area (Å²) in [6.07, 6.45) is 0. The minimum absolute atomic E-state index is 0.335. The van der Waals surface area contributed by atoms with Gasteiger partial charge in [0.1, 0.15) is 5.75 Å². The fourth-order valence-corrected chi connectivity index (χ4v) is 1.70. The van der Waals surface area contributed by atoms with Crippen LogP contribution in [0.3, 0.4) is 0 Å². The normalized spacial score (nSPS) is 15.9. The zero-order chi connectivity index (χ0) is 10.2. The van der Waals surface area contributed by atoms with Crippen molar-refractivity contribution in [2.45, 2.75) is 26.0 Å². The van der Waals surface area contributed by atoms with Gasteiger partial charge in [0.25, 0.3) is 0 Å². The highest BCUT2D eigenvalue weighted by molar-refractivity contribution is 5.43. The van der Waals surface area contributed by atoms with Crippen LogP contribution in [0.5, 0.6) is 5.75 Å². The van der Waals surface area contributed by atoms with E-state index >= 15 is 0 Å². The summed E-state index contributed by atoms with van der Waals surface area (Å²) in [5, 5.41) is 0. The van der Waals surface area contributed by atoms with E-state index in [-0.39, 0.29) is 5.54 Å². The lowest BCUT2D eigenvalue weighted by Gasteiger charge is -2.27. The predicted octanol–water partition coefficient (Wildman–Crippen LogP) is 1.75. The molecule has 0 aromatic heterocycles. The van der Waals surface area contributed by atoms with Crippen LogP contribution in [0.15, 0.2) is 18.2 Å². The Morgan fingerprint density at radius 3 is 2.86 bits per heavy atom. The molecule has 2 rings (SSSR count). The van der Waals surface area contributed by atoms with Gasteiger partial charge in [0.15, 0.2) is 6.79 Å². The number of rotatable bonds is 1. The fourth-order valence-electron chi connectivity index (χ4n) is 1.70. The van der Waals surface area contributed by atoms with E-state index in [1.54, 1.807) is 0 Å². The van der Waals surface area contributed by atoms with Crippen LogP contribution in [-0.2, 0) is 16.9 Å². The molecule has 0 bridgehead atoms. The Bertz CT molecular complexity index is 342. The average Bonchev–Trinajstić information content (AvgIpc) is 2.15. The van der Waals surface area contributed by atoms with E-state index in [2.05, 4.69) is 0 Å². The molecule has 14 heavy (non-hydrogen) atoms. The molecule has 1 aromatic rings. The summed E-state index contributed by atoms with van der Waals surface area (Å²) in [7, 11) is 0. The molecule has 0 unspecified atom stereocenters. The molecule has 0 aliphatic carbocycles. The van der Waals surface area contributed by atoms with Gasteiger partial charge in [-0.1, -0.05) is 12.1 Å². The molecule has 2 N–H and O–H groups in total. The Kier molecular flexibility index (Phi) is 2.21. The van der Waals surface area contributed by atoms with E-state index in [1.165, 1.54) is 0 Å². The smallest absolute Gasteiger partial charge is 0.189 e. The average molecular weight is 193 g/mol. The molecule has 0 amide bonds. The van der Waals surface area contributed by atoms with Crippen LogP contribution in [0.1, 0.15) is 25.0 Å².